The molecule has 1 fully saturated rings. The van der Waals surface area contributed by atoms with Crippen LogP contribution in [0.25, 0.3) is 0 Å². The Bertz CT molecular complexity index is 808. The number of methoxy groups -OCH3 is 2. The molecule has 0 spiro atoms. The standard InChI is InChI=1S/C21H30N4O4S/c1-24-19(15-5-6-17(27-2)18(13-15)28-3)16(14-23-21(24)30-4)20(26)22-7-8-25-9-11-29-12-10-25/h5-6,13-14,19H,7-12H2,1-4H3,(H,22,26). The maximum Gasteiger partial charge on any atom is 0.251 e. The molecule has 1 saturated heterocycles. The maximum absolute atomic E-state index is 13.1. The topological polar surface area (TPSA) is 75.6 Å². The van der Waals surface area contributed by atoms with Crippen molar-refractivity contribution in [2.24, 2.45) is 4.99 Å². The lowest BCUT2D eigenvalue weighted by Gasteiger charge is -2.34. The van der Waals surface area contributed by atoms with E-state index in [1.54, 1.807) is 32.2 Å². The first-order valence-electron chi connectivity index (χ1n) is 9.94. The number of hydrogen-bond donors (Lipinski definition) is 1. The number of morpholine rings is 1. The molecule has 0 bridgehead atoms. The van der Waals surface area contributed by atoms with Crippen LogP contribution in [0.15, 0.2) is 35.0 Å². The Morgan fingerprint density at radius 2 is 2.00 bits per heavy atom. The van der Waals surface area contributed by atoms with Gasteiger partial charge < -0.3 is 24.4 Å². The predicted octanol–water partition coefficient (Wildman–Crippen LogP) is 1.74. The van der Waals surface area contributed by atoms with Crippen molar-refractivity contribution in [3.63, 3.8) is 0 Å². The maximum atomic E-state index is 13.1. The first-order valence-corrected chi connectivity index (χ1v) is 11.2. The number of thioether (sulfide) groups is 1. The monoisotopic (exact) mass is 434 g/mol. The highest BCUT2D eigenvalue weighted by atomic mass is 32.2. The predicted molar refractivity (Wildman–Crippen MR) is 119 cm³/mol. The molecule has 8 nitrogen and oxygen atoms in total. The zero-order valence-corrected chi connectivity index (χ0v) is 18.8. The molecule has 0 aromatic heterocycles. The van der Waals surface area contributed by atoms with Crippen LogP contribution in [0.1, 0.15) is 11.6 Å². The van der Waals surface area contributed by atoms with E-state index in [-0.39, 0.29) is 11.9 Å². The summed E-state index contributed by atoms with van der Waals surface area (Å²) in [5, 5.41) is 3.90. The number of likely N-dealkylation sites (N-methyl/N-ethyl adjacent to an activating group) is 1. The molecule has 1 N–H and O–H groups in total. The van der Waals surface area contributed by atoms with Gasteiger partial charge in [-0.1, -0.05) is 17.8 Å². The molecule has 1 unspecified atom stereocenters. The highest BCUT2D eigenvalue weighted by Crippen LogP contribution is 2.37. The summed E-state index contributed by atoms with van der Waals surface area (Å²) >= 11 is 1.55. The van der Waals surface area contributed by atoms with Crippen molar-refractivity contribution in [1.29, 1.82) is 0 Å². The van der Waals surface area contributed by atoms with Crippen LogP contribution in [-0.4, -0.2) is 87.8 Å². The molecule has 30 heavy (non-hydrogen) atoms. The molecule has 2 aliphatic heterocycles. The van der Waals surface area contributed by atoms with Gasteiger partial charge >= 0.3 is 0 Å². The van der Waals surface area contributed by atoms with Crippen LogP contribution < -0.4 is 14.8 Å². The molecule has 0 saturated carbocycles. The Balaban J connectivity index is 1.78. The van der Waals surface area contributed by atoms with Gasteiger partial charge in [0.2, 0.25) is 0 Å². The highest BCUT2D eigenvalue weighted by Gasteiger charge is 2.31. The number of benzene rings is 1. The lowest BCUT2D eigenvalue weighted by atomic mass is 9.96. The Hall–Kier alpha value is -2.23. The van der Waals surface area contributed by atoms with E-state index < -0.39 is 0 Å². The number of rotatable bonds is 7. The summed E-state index contributed by atoms with van der Waals surface area (Å²) in [6.07, 6.45) is 3.65. The third kappa shape index (κ3) is 5.08. The quantitative estimate of drug-likeness (QED) is 0.701. The molecular formula is C21H30N4O4S. The van der Waals surface area contributed by atoms with Crippen LogP contribution in [0.4, 0.5) is 0 Å². The number of hydrogen-bond acceptors (Lipinski definition) is 8. The van der Waals surface area contributed by atoms with E-state index in [1.165, 1.54) is 0 Å². The summed E-state index contributed by atoms with van der Waals surface area (Å²) in [6.45, 7) is 4.68. The number of amidine groups is 1. The average Bonchev–Trinajstić information content (AvgIpc) is 2.79. The van der Waals surface area contributed by atoms with Gasteiger partial charge in [-0.15, -0.1) is 0 Å². The summed E-state index contributed by atoms with van der Waals surface area (Å²) in [5.74, 6) is 1.17. The SMILES string of the molecule is COc1ccc(C2C(C(=O)NCCN3CCOCC3)=CN=C(SC)N2C)cc1OC. The smallest absolute Gasteiger partial charge is 0.251 e. The van der Waals surface area contributed by atoms with Crippen LogP contribution >= 0.6 is 11.8 Å². The second-order valence-corrected chi connectivity index (χ2v) is 7.81. The van der Waals surface area contributed by atoms with Crippen molar-refractivity contribution in [2.45, 2.75) is 6.04 Å². The number of nitrogens with zero attached hydrogens (tertiary/aromatic N) is 3. The van der Waals surface area contributed by atoms with Crippen LogP contribution in [-0.2, 0) is 9.53 Å². The summed E-state index contributed by atoms with van der Waals surface area (Å²) in [6, 6.07) is 5.47. The van der Waals surface area contributed by atoms with Gasteiger partial charge in [0.1, 0.15) is 0 Å². The fraction of sp³-hybridized carbons (Fsp3) is 0.524. The lowest BCUT2D eigenvalue weighted by Crippen LogP contribution is -2.43. The fourth-order valence-corrected chi connectivity index (χ4v) is 4.22. The van der Waals surface area contributed by atoms with Crippen molar-refractivity contribution >= 4 is 22.8 Å². The molecule has 1 amide bonds. The van der Waals surface area contributed by atoms with Gasteiger partial charge in [-0.3, -0.25) is 9.69 Å². The zero-order valence-electron chi connectivity index (χ0n) is 18.0. The van der Waals surface area contributed by atoms with Crippen molar-refractivity contribution in [2.75, 3.05) is 66.9 Å². The van der Waals surface area contributed by atoms with Gasteiger partial charge in [0, 0.05) is 39.4 Å². The number of carbonyl (C=O) groups excluding carboxylic acids is 1. The van der Waals surface area contributed by atoms with Gasteiger partial charge in [0.25, 0.3) is 5.91 Å². The number of amides is 1. The van der Waals surface area contributed by atoms with E-state index in [4.69, 9.17) is 14.2 Å². The number of ether oxygens (including phenoxy) is 3. The van der Waals surface area contributed by atoms with Crippen LogP contribution in [0, 0.1) is 0 Å². The Kier molecular flexibility index (Phi) is 8.01. The van der Waals surface area contributed by atoms with Crippen LogP contribution in [0.2, 0.25) is 0 Å². The Morgan fingerprint density at radius 1 is 1.27 bits per heavy atom. The van der Waals surface area contributed by atoms with E-state index in [0.717, 1.165) is 43.6 Å². The summed E-state index contributed by atoms with van der Waals surface area (Å²) in [5.41, 5.74) is 1.54. The van der Waals surface area contributed by atoms with E-state index in [9.17, 15) is 4.79 Å². The largest absolute Gasteiger partial charge is 0.493 e. The Labute approximate surface area is 182 Å². The molecule has 9 heteroatoms. The minimum absolute atomic E-state index is 0.112. The van der Waals surface area contributed by atoms with E-state index in [2.05, 4.69) is 15.2 Å². The molecule has 2 heterocycles. The second kappa shape index (κ2) is 10.7. The Morgan fingerprint density at radius 3 is 2.67 bits per heavy atom. The number of carbonyl (C=O) groups is 1. The van der Waals surface area contributed by atoms with Crippen LogP contribution in [0.5, 0.6) is 11.5 Å². The fourth-order valence-electron chi connectivity index (χ4n) is 3.67. The van der Waals surface area contributed by atoms with Crippen molar-refractivity contribution < 1.29 is 19.0 Å². The van der Waals surface area contributed by atoms with Crippen molar-refractivity contribution in [3.05, 3.63) is 35.5 Å². The van der Waals surface area contributed by atoms with Crippen molar-refractivity contribution in [1.82, 2.24) is 15.1 Å². The molecule has 1 aromatic rings. The highest BCUT2D eigenvalue weighted by molar-refractivity contribution is 8.13. The summed E-state index contributed by atoms with van der Waals surface area (Å²) in [7, 11) is 5.16. The van der Waals surface area contributed by atoms with Gasteiger partial charge in [0.05, 0.1) is 39.0 Å². The van der Waals surface area contributed by atoms with Crippen molar-refractivity contribution in [3.8, 4) is 11.5 Å². The van der Waals surface area contributed by atoms with E-state index in [1.807, 2.05) is 36.4 Å². The van der Waals surface area contributed by atoms with Gasteiger partial charge in [-0.05, 0) is 24.0 Å². The molecule has 0 aliphatic carbocycles. The first kappa shape index (κ1) is 22.5. The molecule has 1 atom stereocenters. The molecule has 3 rings (SSSR count). The molecular weight excluding hydrogens is 404 g/mol. The second-order valence-electron chi connectivity index (χ2n) is 7.04. The molecule has 2 aliphatic rings. The minimum Gasteiger partial charge on any atom is -0.493 e. The number of nitrogens with one attached hydrogen (secondary N) is 1. The average molecular weight is 435 g/mol. The molecule has 164 valence electrons. The van der Waals surface area contributed by atoms with Gasteiger partial charge in [0.15, 0.2) is 16.7 Å². The van der Waals surface area contributed by atoms with Gasteiger partial charge in [-0.2, -0.15) is 0 Å². The molecule has 1 aromatic carbocycles. The number of aliphatic imine (C=N–C) groups is 1. The summed E-state index contributed by atoms with van der Waals surface area (Å²) in [4.78, 5) is 21.9. The third-order valence-electron chi connectivity index (χ3n) is 5.28. The molecule has 0 radical (unpaired) electrons. The first-order chi connectivity index (χ1) is 14.6. The summed E-state index contributed by atoms with van der Waals surface area (Å²) < 4.78 is 16.2. The van der Waals surface area contributed by atoms with E-state index in [0.29, 0.717) is 23.6 Å². The minimum atomic E-state index is -0.270. The zero-order chi connectivity index (χ0) is 21.5. The van der Waals surface area contributed by atoms with Gasteiger partial charge in [-0.25, -0.2) is 4.99 Å². The van der Waals surface area contributed by atoms with E-state index >= 15 is 0 Å². The van der Waals surface area contributed by atoms with Crippen LogP contribution in [0.3, 0.4) is 0 Å². The third-order valence-corrected chi connectivity index (χ3v) is 6.04. The lowest BCUT2D eigenvalue weighted by molar-refractivity contribution is -0.118. The normalized spacial score (nSPS) is 19.7.